The molecule has 4 nitrogen and oxygen atoms in total. The highest BCUT2D eigenvalue weighted by molar-refractivity contribution is 6.00. The number of nitrogens with one attached hydrogen (secondary N) is 1. The van der Waals surface area contributed by atoms with Crippen LogP contribution in [-0.2, 0) is 9.59 Å². The number of likely N-dealkylation sites (N-methyl/N-ethyl adjacent to an activating group) is 1. The maximum atomic E-state index is 12.5. The van der Waals surface area contributed by atoms with E-state index in [9.17, 15) is 9.59 Å². The number of piperazine rings is 1. The second-order valence-corrected chi connectivity index (χ2v) is 6.76. The molecule has 1 aliphatic heterocycles. The second kappa shape index (κ2) is 4.25. The van der Waals surface area contributed by atoms with Crippen LogP contribution in [-0.4, -0.2) is 35.3 Å². The number of amides is 2. The molecule has 1 aliphatic carbocycles. The van der Waals surface area contributed by atoms with Crippen molar-refractivity contribution in [1.29, 1.82) is 0 Å². The van der Waals surface area contributed by atoms with Crippen molar-refractivity contribution in [3.63, 3.8) is 0 Å². The van der Waals surface area contributed by atoms with E-state index in [2.05, 4.69) is 5.32 Å². The van der Waals surface area contributed by atoms with E-state index in [1.165, 1.54) is 6.42 Å². The molecule has 0 aromatic rings. The standard InChI is InChI=1S/C14H24N2O2/c1-13(2,3)10-11(17)16(4)14(12(18)15-10)8-6-5-7-9-14/h10H,5-9H2,1-4H3,(H,15,18). The molecule has 4 heteroatoms. The van der Waals surface area contributed by atoms with Gasteiger partial charge in [0.25, 0.3) is 0 Å². The van der Waals surface area contributed by atoms with E-state index in [0.717, 1.165) is 25.7 Å². The molecule has 0 aromatic carbocycles. The van der Waals surface area contributed by atoms with Crippen LogP contribution in [0, 0.1) is 5.41 Å². The van der Waals surface area contributed by atoms with Crippen LogP contribution in [0.3, 0.4) is 0 Å². The lowest BCUT2D eigenvalue weighted by Crippen LogP contribution is -2.72. The van der Waals surface area contributed by atoms with Gasteiger partial charge in [-0.2, -0.15) is 0 Å². The lowest BCUT2D eigenvalue weighted by atomic mass is 9.75. The second-order valence-electron chi connectivity index (χ2n) is 6.76. The van der Waals surface area contributed by atoms with Crippen LogP contribution in [0.25, 0.3) is 0 Å². The molecular formula is C14H24N2O2. The average molecular weight is 252 g/mol. The van der Waals surface area contributed by atoms with Crippen molar-refractivity contribution in [3.8, 4) is 0 Å². The van der Waals surface area contributed by atoms with Gasteiger partial charge in [-0.3, -0.25) is 9.59 Å². The molecule has 1 N–H and O–H groups in total. The van der Waals surface area contributed by atoms with Crippen molar-refractivity contribution < 1.29 is 9.59 Å². The summed E-state index contributed by atoms with van der Waals surface area (Å²) in [5, 5.41) is 2.97. The van der Waals surface area contributed by atoms with Crippen LogP contribution in [0.5, 0.6) is 0 Å². The third-order valence-electron chi connectivity index (χ3n) is 4.46. The van der Waals surface area contributed by atoms with Crippen LogP contribution in [0.2, 0.25) is 0 Å². The fourth-order valence-corrected chi connectivity index (χ4v) is 3.17. The Kier molecular flexibility index (Phi) is 3.16. The SMILES string of the molecule is CN1C(=O)C(C(C)(C)C)NC(=O)C12CCCCC2. The third-order valence-corrected chi connectivity index (χ3v) is 4.46. The maximum Gasteiger partial charge on any atom is 0.246 e. The highest BCUT2D eigenvalue weighted by Gasteiger charge is 2.53. The third kappa shape index (κ3) is 1.91. The molecule has 1 unspecified atom stereocenters. The zero-order valence-electron chi connectivity index (χ0n) is 11.9. The summed E-state index contributed by atoms with van der Waals surface area (Å²) < 4.78 is 0. The molecule has 1 heterocycles. The Morgan fingerprint density at radius 2 is 1.72 bits per heavy atom. The molecular weight excluding hydrogens is 228 g/mol. The van der Waals surface area contributed by atoms with Gasteiger partial charge in [0.1, 0.15) is 11.6 Å². The van der Waals surface area contributed by atoms with E-state index >= 15 is 0 Å². The summed E-state index contributed by atoms with van der Waals surface area (Å²) >= 11 is 0. The van der Waals surface area contributed by atoms with Gasteiger partial charge in [0.05, 0.1) is 0 Å². The Labute approximate surface area is 109 Å². The topological polar surface area (TPSA) is 49.4 Å². The normalized spacial score (nSPS) is 28.4. The monoisotopic (exact) mass is 252 g/mol. The van der Waals surface area contributed by atoms with Crippen molar-refractivity contribution >= 4 is 11.8 Å². The van der Waals surface area contributed by atoms with Crippen molar-refractivity contribution in [2.45, 2.75) is 64.5 Å². The first-order valence-corrected chi connectivity index (χ1v) is 6.88. The van der Waals surface area contributed by atoms with Gasteiger partial charge in [-0.1, -0.05) is 40.0 Å². The molecule has 1 saturated carbocycles. The minimum Gasteiger partial charge on any atom is -0.342 e. The van der Waals surface area contributed by atoms with Crippen molar-refractivity contribution in [2.75, 3.05) is 7.05 Å². The number of hydrogen-bond acceptors (Lipinski definition) is 2. The first kappa shape index (κ1) is 13.4. The van der Waals surface area contributed by atoms with Crippen molar-refractivity contribution in [3.05, 3.63) is 0 Å². The van der Waals surface area contributed by atoms with E-state index < -0.39 is 11.6 Å². The van der Waals surface area contributed by atoms with Crippen LogP contribution in [0.1, 0.15) is 52.9 Å². The smallest absolute Gasteiger partial charge is 0.246 e. The first-order chi connectivity index (χ1) is 8.29. The Hall–Kier alpha value is -1.06. The van der Waals surface area contributed by atoms with Crippen LogP contribution in [0.4, 0.5) is 0 Å². The number of hydrogen-bond donors (Lipinski definition) is 1. The summed E-state index contributed by atoms with van der Waals surface area (Å²) in [7, 11) is 1.80. The molecule has 0 aromatic heterocycles. The Morgan fingerprint density at radius 3 is 2.22 bits per heavy atom. The van der Waals surface area contributed by atoms with E-state index in [0.29, 0.717) is 0 Å². The van der Waals surface area contributed by atoms with Gasteiger partial charge in [0.2, 0.25) is 11.8 Å². The molecule has 18 heavy (non-hydrogen) atoms. The predicted molar refractivity (Wildman–Crippen MR) is 70.0 cm³/mol. The summed E-state index contributed by atoms with van der Waals surface area (Å²) in [4.78, 5) is 26.7. The minimum absolute atomic E-state index is 0.0456. The summed E-state index contributed by atoms with van der Waals surface area (Å²) in [6, 6.07) is -0.400. The molecule has 2 aliphatic rings. The number of carbonyl (C=O) groups excluding carboxylic acids is 2. The quantitative estimate of drug-likeness (QED) is 0.713. The first-order valence-electron chi connectivity index (χ1n) is 6.88. The van der Waals surface area contributed by atoms with Gasteiger partial charge in [-0.25, -0.2) is 0 Å². The van der Waals surface area contributed by atoms with E-state index in [-0.39, 0.29) is 17.2 Å². The summed E-state index contributed by atoms with van der Waals surface area (Å²) in [5.74, 6) is 0.105. The van der Waals surface area contributed by atoms with Crippen LogP contribution in [0.15, 0.2) is 0 Å². The summed E-state index contributed by atoms with van der Waals surface area (Å²) in [6.45, 7) is 5.97. The summed E-state index contributed by atoms with van der Waals surface area (Å²) in [5.41, 5.74) is -0.811. The zero-order chi connectivity index (χ0) is 13.6. The maximum absolute atomic E-state index is 12.5. The van der Waals surface area contributed by atoms with Crippen LogP contribution < -0.4 is 5.32 Å². The molecule has 1 spiro atoms. The molecule has 0 radical (unpaired) electrons. The average Bonchev–Trinajstić information content (AvgIpc) is 2.31. The highest BCUT2D eigenvalue weighted by Crippen LogP contribution is 2.37. The van der Waals surface area contributed by atoms with Gasteiger partial charge >= 0.3 is 0 Å². The number of nitrogens with zero attached hydrogens (tertiary/aromatic N) is 1. The molecule has 0 bridgehead atoms. The zero-order valence-corrected chi connectivity index (χ0v) is 11.9. The molecule has 2 amide bonds. The molecule has 1 saturated heterocycles. The highest BCUT2D eigenvalue weighted by atomic mass is 16.2. The number of rotatable bonds is 0. The Bertz CT molecular complexity index is 364. The van der Waals surface area contributed by atoms with E-state index in [1.54, 1.807) is 11.9 Å². The molecule has 2 fully saturated rings. The van der Waals surface area contributed by atoms with Crippen molar-refractivity contribution in [1.82, 2.24) is 10.2 Å². The van der Waals surface area contributed by atoms with Gasteiger partial charge in [0.15, 0.2) is 0 Å². The summed E-state index contributed by atoms with van der Waals surface area (Å²) in [6.07, 6.45) is 4.84. The van der Waals surface area contributed by atoms with Gasteiger partial charge < -0.3 is 10.2 Å². The number of carbonyl (C=O) groups is 2. The fourth-order valence-electron chi connectivity index (χ4n) is 3.17. The van der Waals surface area contributed by atoms with Crippen LogP contribution >= 0.6 is 0 Å². The van der Waals surface area contributed by atoms with Gasteiger partial charge in [0, 0.05) is 7.05 Å². The lowest BCUT2D eigenvalue weighted by molar-refractivity contribution is -0.160. The van der Waals surface area contributed by atoms with E-state index in [4.69, 9.17) is 0 Å². The van der Waals surface area contributed by atoms with Crippen molar-refractivity contribution in [2.24, 2.45) is 5.41 Å². The largest absolute Gasteiger partial charge is 0.342 e. The Morgan fingerprint density at radius 1 is 1.17 bits per heavy atom. The lowest BCUT2D eigenvalue weighted by Gasteiger charge is -2.50. The Balaban J connectivity index is 2.29. The predicted octanol–water partition coefficient (Wildman–Crippen LogP) is 1.69. The van der Waals surface area contributed by atoms with Gasteiger partial charge in [-0.05, 0) is 18.3 Å². The molecule has 2 rings (SSSR count). The fraction of sp³-hybridized carbons (Fsp3) is 0.857. The molecule has 1 atom stereocenters. The van der Waals surface area contributed by atoms with E-state index in [1.807, 2.05) is 20.8 Å². The van der Waals surface area contributed by atoms with Gasteiger partial charge in [-0.15, -0.1) is 0 Å². The minimum atomic E-state index is -0.572. The molecule has 102 valence electrons.